The van der Waals surface area contributed by atoms with Crippen LogP contribution < -0.4 is 10.0 Å². The molecule has 0 aliphatic carbocycles. The van der Waals surface area contributed by atoms with Crippen molar-refractivity contribution in [3.05, 3.63) is 76.9 Å². The Kier molecular flexibility index (Phi) is 5.15. The number of sulfonamides is 1. The maximum atomic E-state index is 12.5. The number of hydrogen-bond donors (Lipinski definition) is 2. The predicted octanol–water partition coefficient (Wildman–Crippen LogP) is 4.90. The number of aromatic nitrogens is 1. The van der Waals surface area contributed by atoms with Crippen molar-refractivity contribution in [2.45, 2.75) is 18.7 Å². The molecule has 3 aromatic rings. The van der Waals surface area contributed by atoms with Crippen LogP contribution in [0, 0.1) is 13.8 Å². The summed E-state index contributed by atoms with van der Waals surface area (Å²) in [5, 5.41) is 3.91. The monoisotopic (exact) mass is 387 g/mol. The van der Waals surface area contributed by atoms with Crippen molar-refractivity contribution in [2.75, 3.05) is 10.0 Å². The van der Waals surface area contributed by atoms with Crippen LogP contribution in [-0.2, 0) is 10.0 Å². The summed E-state index contributed by atoms with van der Waals surface area (Å²) >= 11 is 5.96. The summed E-state index contributed by atoms with van der Waals surface area (Å²) in [6.07, 6.45) is 1.57. The van der Waals surface area contributed by atoms with Crippen LogP contribution in [0.25, 0.3) is 0 Å². The van der Waals surface area contributed by atoms with Gasteiger partial charge in [0.25, 0.3) is 10.0 Å². The van der Waals surface area contributed by atoms with E-state index in [0.29, 0.717) is 10.6 Å². The summed E-state index contributed by atoms with van der Waals surface area (Å²) in [6.45, 7) is 3.70. The van der Waals surface area contributed by atoms with E-state index >= 15 is 0 Å². The van der Waals surface area contributed by atoms with E-state index in [1.807, 2.05) is 19.1 Å². The van der Waals surface area contributed by atoms with Crippen molar-refractivity contribution in [3.8, 4) is 0 Å². The lowest BCUT2D eigenvalue weighted by molar-refractivity contribution is 0.600. The minimum Gasteiger partial charge on any atom is -0.354 e. The molecule has 0 bridgehead atoms. The van der Waals surface area contributed by atoms with Gasteiger partial charge in [0.1, 0.15) is 5.82 Å². The van der Waals surface area contributed by atoms with E-state index in [2.05, 4.69) is 15.0 Å². The fraction of sp³-hybridized carbons (Fsp3) is 0.105. The van der Waals surface area contributed by atoms with E-state index in [1.165, 1.54) is 0 Å². The summed E-state index contributed by atoms with van der Waals surface area (Å²) in [7, 11) is -3.67. The second-order valence-electron chi connectivity index (χ2n) is 5.89. The molecule has 0 saturated carbocycles. The third-order valence-corrected chi connectivity index (χ3v) is 5.60. The molecule has 3 rings (SSSR count). The minimum absolute atomic E-state index is 0.237. The molecular weight excluding hydrogens is 370 g/mol. The SMILES string of the molecule is Cc1cc(Cl)ccc1Nc1ccc(NS(=O)(=O)c2ccccc2C)nc1. The highest BCUT2D eigenvalue weighted by Crippen LogP contribution is 2.24. The average Bonchev–Trinajstić information content (AvgIpc) is 2.59. The highest BCUT2D eigenvalue weighted by atomic mass is 35.5. The molecule has 0 atom stereocenters. The largest absolute Gasteiger partial charge is 0.354 e. The van der Waals surface area contributed by atoms with Gasteiger partial charge >= 0.3 is 0 Å². The molecule has 7 heteroatoms. The van der Waals surface area contributed by atoms with Crippen LogP contribution in [0.15, 0.2) is 65.7 Å². The first-order valence-electron chi connectivity index (χ1n) is 7.93. The Morgan fingerprint density at radius 1 is 0.962 bits per heavy atom. The van der Waals surface area contributed by atoms with Crippen molar-refractivity contribution in [1.82, 2.24) is 4.98 Å². The Morgan fingerprint density at radius 2 is 1.73 bits per heavy atom. The molecule has 1 heterocycles. The highest BCUT2D eigenvalue weighted by molar-refractivity contribution is 7.92. The lowest BCUT2D eigenvalue weighted by atomic mass is 10.2. The van der Waals surface area contributed by atoms with E-state index in [4.69, 9.17) is 11.6 Å². The molecular formula is C19H18ClN3O2S. The first kappa shape index (κ1) is 18.2. The zero-order chi connectivity index (χ0) is 18.7. The molecule has 0 aliphatic rings. The lowest BCUT2D eigenvalue weighted by Crippen LogP contribution is -2.15. The van der Waals surface area contributed by atoms with Gasteiger partial charge in [-0.1, -0.05) is 29.8 Å². The molecule has 2 aromatic carbocycles. The summed E-state index contributed by atoms with van der Waals surface area (Å²) < 4.78 is 27.5. The number of benzene rings is 2. The average molecular weight is 388 g/mol. The maximum Gasteiger partial charge on any atom is 0.263 e. The van der Waals surface area contributed by atoms with Gasteiger partial charge in [0.2, 0.25) is 0 Å². The van der Waals surface area contributed by atoms with E-state index in [1.54, 1.807) is 55.6 Å². The number of hydrogen-bond acceptors (Lipinski definition) is 4. The lowest BCUT2D eigenvalue weighted by Gasteiger charge is -2.12. The van der Waals surface area contributed by atoms with Gasteiger partial charge in [-0.15, -0.1) is 0 Å². The number of anilines is 3. The molecule has 2 N–H and O–H groups in total. The zero-order valence-electron chi connectivity index (χ0n) is 14.3. The third-order valence-electron chi connectivity index (χ3n) is 3.85. The summed E-state index contributed by atoms with van der Waals surface area (Å²) in [6, 6.07) is 15.7. The standard InChI is InChI=1S/C19H18ClN3O2S/c1-13-5-3-4-6-18(13)26(24,25)23-19-10-8-16(12-21-19)22-17-9-7-15(20)11-14(17)2/h3-12,22H,1-2H3,(H,21,23). The quantitative estimate of drug-likeness (QED) is 0.653. The number of rotatable bonds is 5. The third kappa shape index (κ3) is 4.15. The normalized spacial score (nSPS) is 11.2. The Bertz CT molecular complexity index is 1030. The second-order valence-corrected chi connectivity index (χ2v) is 7.97. The summed E-state index contributed by atoms with van der Waals surface area (Å²) in [4.78, 5) is 4.42. The van der Waals surface area contributed by atoms with Gasteiger partial charge in [-0.05, 0) is 61.4 Å². The van der Waals surface area contributed by atoms with Gasteiger partial charge in [0.15, 0.2) is 0 Å². The molecule has 0 unspecified atom stereocenters. The van der Waals surface area contributed by atoms with Crippen molar-refractivity contribution in [3.63, 3.8) is 0 Å². The van der Waals surface area contributed by atoms with Crippen LogP contribution >= 0.6 is 11.6 Å². The molecule has 0 radical (unpaired) electrons. The number of pyridine rings is 1. The van der Waals surface area contributed by atoms with Crippen LogP contribution in [-0.4, -0.2) is 13.4 Å². The molecule has 0 saturated heterocycles. The topological polar surface area (TPSA) is 71.1 Å². The van der Waals surface area contributed by atoms with Gasteiger partial charge in [-0.25, -0.2) is 13.4 Å². The number of halogens is 1. The number of nitrogens with one attached hydrogen (secondary N) is 2. The van der Waals surface area contributed by atoms with Gasteiger partial charge in [0, 0.05) is 10.7 Å². The number of aryl methyl sites for hydroxylation is 2. The molecule has 26 heavy (non-hydrogen) atoms. The molecule has 134 valence electrons. The maximum absolute atomic E-state index is 12.5. The van der Waals surface area contributed by atoms with E-state index in [0.717, 1.165) is 16.9 Å². The Hall–Kier alpha value is -2.57. The van der Waals surface area contributed by atoms with Crippen LogP contribution in [0.4, 0.5) is 17.2 Å². The molecule has 0 amide bonds. The van der Waals surface area contributed by atoms with E-state index in [-0.39, 0.29) is 10.7 Å². The fourth-order valence-electron chi connectivity index (χ4n) is 2.50. The van der Waals surface area contributed by atoms with Crippen molar-refractivity contribution in [2.24, 2.45) is 0 Å². The molecule has 0 aliphatic heterocycles. The van der Waals surface area contributed by atoms with E-state index < -0.39 is 10.0 Å². The van der Waals surface area contributed by atoms with Crippen molar-refractivity contribution >= 4 is 38.8 Å². The van der Waals surface area contributed by atoms with Gasteiger partial charge in [-0.2, -0.15) is 0 Å². The highest BCUT2D eigenvalue weighted by Gasteiger charge is 2.16. The molecule has 5 nitrogen and oxygen atoms in total. The van der Waals surface area contributed by atoms with Crippen LogP contribution in [0.3, 0.4) is 0 Å². The van der Waals surface area contributed by atoms with E-state index in [9.17, 15) is 8.42 Å². The molecule has 1 aromatic heterocycles. The Balaban J connectivity index is 1.76. The molecule has 0 fully saturated rings. The Labute approximate surface area is 158 Å². The second kappa shape index (κ2) is 7.35. The first-order valence-corrected chi connectivity index (χ1v) is 9.79. The van der Waals surface area contributed by atoms with Crippen LogP contribution in [0.2, 0.25) is 5.02 Å². The predicted molar refractivity (Wildman–Crippen MR) is 106 cm³/mol. The first-order chi connectivity index (χ1) is 12.3. The Morgan fingerprint density at radius 3 is 2.38 bits per heavy atom. The number of nitrogens with zero attached hydrogens (tertiary/aromatic N) is 1. The summed E-state index contributed by atoms with van der Waals surface area (Å²) in [5.41, 5.74) is 3.33. The van der Waals surface area contributed by atoms with Crippen molar-refractivity contribution in [1.29, 1.82) is 0 Å². The van der Waals surface area contributed by atoms with Crippen LogP contribution in [0.5, 0.6) is 0 Å². The zero-order valence-corrected chi connectivity index (χ0v) is 15.9. The minimum atomic E-state index is -3.67. The fourth-order valence-corrected chi connectivity index (χ4v) is 3.98. The summed E-state index contributed by atoms with van der Waals surface area (Å²) in [5.74, 6) is 0.256. The van der Waals surface area contributed by atoms with Gasteiger partial charge < -0.3 is 5.32 Å². The molecule has 0 spiro atoms. The van der Waals surface area contributed by atoms with Gasteiger partial charge in [0.05, 0.1) is 16.8 Å². The smallest absolute Gasteiger partial charge is 0.263 e. The van der Waals surface area contributed by atoms with Gasteiger partial charge in [-0.3, -0.25) is 4.72 Å². The van der Waals surface area contributed by atoms with Crippen molar-refractivity contribution < 1.29 is 8.42 Å². The van der Waals surface area contributed by atoms with Crippen LogP contribution in [0.1, 0.15) is 11.1 Å².